The topological polar surface area (TPSA) is 44.1 Å². The Kier molecular flexibility index (Phi) is 5.32. The van der Waals surface area contributed by atoms with Crippen LogP contribution in [-0.4, -0.2) is 19.4 Å². The Balaban J connectivity index is 2.07. The molecule has 0 N–H and O–H groups in total. The summed E-state index contributed by atoms with van der Waals surface area (Å²) < 4.78 is 0. The zero-order valence-corrected chi connectivity index (χ0v) is 13.0. The fourth-order valence-corrected chi connectivity index (χ4v) is 2.50. The van der Waals surface area contributed by atoms with E-state index in [1.165, 1.54) is 5.56 Å². The second-order valence-electron chi connectivity index (χ2n) is 5.41. The van der Waals surface area contributed by atoms with Gasteiger partial charge in [0.2, 0.25) is 0 Å². The van der Waals surface area contributed by atoms with Crippen LogP contribution in [0.5, 0.6) is 0 Å². The summed E-state index contributed by atoms with van der Waals surface area (Å²) in [4.78, 5) is 13.8. The van der Waals surface area contributed by atoms with Gasteiger partial charge in [-0.3, -0.25) is 4.79 Å². The third-order valence-corrected chi connectivity index (χ3v) is 3.72. The summed E-state index contributed by atoms with van der Waals surface area (Å²) in [6.07, 6.45) is 1.99. The first-order chi connectivity index (χ1) is 10.6. The van der Waals surface area contributed by atoms with Crippen LogP contribution in [0.2, 0.25) is 0 Å². The molecule has 2 aromatic rings. The molecular weight excluding hydrogens is 272 g/mol. The Hall–Kier alpha value is -2.60. The van der Waals surface area contributed by atoms with Crippen LogP contribution in [0.3, 0.4) is 0 Å². The molecule has 22 heavy (non-hydrogen) atoms. The van der Waals surface area contributed by atoms with Gasteiger partial charge in [0.25, 0.3) is 0 Å². The molecule has 2 aromatic carbocycles. The van der Waals surface area contributed by atoms with Crippen LogP contribution in [0, 0.1) is 11.3 Å². The summed E-state index contributed by atoms with van der Waals surface area (Å²) in [7, 11) is 1.97. The van der Waals surface area contributed by atoms with Crippen LogP contribution in [0.15, 0.2) is 48.5 Å². The third kappa shape index (κ3) is 3.95. The fraction of sp³-hybridized carbons (Fsp3) is 0.263. The van der Waals surface area contributed by atoms with Crippen molar-refractivity contribution in [3.63, 3.8) is 0 Å². The number of aryl methyl sites for hydroxylation is 1. The summed E-state index contributed by atoms with van der Waals surface area (Å²) in [5.74, 6) is 0.0226. The third-order valence-electron chi connectivity index (χ3n) is 3.72. The number of rotatable bonds is 6. The van der Waals surface area contributed by atoms with Crippen molar-refractivity contribution in [2.24, 2.45) is 0 Å². The molecule has 0 saturated heterocycles. The smallest absolute Gasteiger partial charge is 0.161 e. The van der Waals surface area contributed by atoms with Gasteiger partial charge in [-0.15, -0.1) is 0 Å². The number of Topliss-reactive ketones (excluding diaryl/α,β-unsaturated/α-hetero) is 1. The van der Waals surface area contributed by atoms with E-state index in [1.54, 1.807) is 25.1 Å². The lowest BCUT2D eigenvalue weighted by Crippen LogP contribution is -2.21. The lowest BCUT2D eigenvalue weighted by molar-refractivity contribution is 0.101. The van der Waals surface area contributed by atoms with Crippen LogP contribution in [0.25, 0.3) is 0 Å². The molecule has 0 spiro atoms. The van der Waals surface area contributed by atoms with Crippen molar-refractivity contribution in [3.8, 4) is 6.07 Å². The lowest BCUT2D eigenvalue weighted by Gasteiger charge is -2.22. The molecule has 0 aromatic heterocycles. The molecule has 0 unspecified atom stereocenters. The van der Waals surface area contributed by atoms with Crippen molar-refractivity contribution < 1.29 is 4.79 Å². The quantitative estimate of drug-likeness (QED) is 0.760. The van der Waals surface area contributed by atoms with E-state index in [0.717, 1.165) is 25.1 Å². The Morgan fingerprint density at radius 3 is 2.55 bits per heavy atom. The van der Waals surface area contributed by atoms with Crippen molar-refractivity contribution in [1.29, 1.82) is 5.26 Å². The van der Waals surface area contributed by atoms with Crippen molar-refractivity contribution in [1.82, 2.24) is 0 Å². The maximum atomic E-state index is 11.8. The highest BCUT2D eigenvalue weighted by Crippen LogP contribution is 2.22. The molecule has 0 atom stereocenters. The Bertz CT molecular complexity index is 686. The van der Waals surface area contributed by atoms with E-state index in [-0.39, 0.29) is 5.78 Å². The van der Waals surface area contributed by atoms with Crippen LogP contribution in [-0.2, 0) is 6.42 Å². The van der Waals surface area contributed by atoms with E-state index < -0.39 is 0 Å². The summed E-state index contributed by atoms with van der Waals surface area (Å²) in [5, 5.41) is 9.04. The highest BCUT2D eigenvalue weighted by atomic mass is 16.1. The molecule has 3 nitrogen and oxygen atoms in total. The van der Waals surface area contributed by atoms with Crippen LogP contribution in [0.4, 0.5) is 5.69 Å². The van der Waals surface area contributed by atoms with Gasteiger partial charge < -0.3 is 4.90 Å². The molecule has 0 aliphatic heterocycles. The van der Waals surface area contributed by atoms with E-state index in [0.29, 0.717) is 11.1 Å². The van der Waals surface area contributed by atoms with Gasteiger partial charge in [0.15, 0.2) is 5.78 Å². The molecule has 0 aliphatic rings. The second kappa shape index (κ2) is 7.42. The number of carbonyl (C=O) groups excluding carboxylic acids is 1. The summed E-state index contributed by atoms with van der Waals surface area (Å²) >= 11 is 0. The normalized spacial score (nSPS) is 10.0. The summed E-state index contributed by atoms with van der Waals surface area (Å²) in [5.41, 5.74) is 3.39. The molecule has 0 radical (unpaired) electrons. The first-order valence-electron chi connectivity index (χ1n) is 7.42. The van der Waals surface area contributed by atoms with E-state index >= 15 is 0 Å². The largest absolute Gasteiger partial charge is 0.374 e. The van der Waals surface area contributed by atoms with Gasteiger partial charge in [0.05, 0.1) is 11.6 Å². The molecule has 0 heterocycles. The Morgan fingerprint density at radius 2 is 1.91 bits per heavy atom. The number of hydrogen-bond acceptors (Lipinski definition) is 3. The van der Waals surface area contributed by atoms with Gasteiger partial charge in [-0.05, 0) is 43.5 Å². The summed E-state index contributed by atoms with van der Waals surface area (Å²) in [6.45, 7) is 2.40. The first-order valence-corrected chi connectivity index (χ1v) is 7.42. The summed E-state index contributed by atoms with van der Waals surface area (Å²) in [6, 6.07) is 17.7. The van der Waals surface area contributed by atoms with Crippen LogP contribution >= 0.6 is 0 Å². The average molecular weight is 292 g/mol. The van der Waals surface area contributed by atoms with Gasteiger partial charge in [0.1, 0.15) is 0 Å². The molecule has 0 amide bonds. The van der Waals surface area contributed by atoms with E-state index in [2.05, 4.69) is 23.1 Å². The first kappa shape index (κ1) is 15.8. The minimum absolute atomic E-state index is 0.0226. The number of anilines is 1. The van der Waals surface area contributed by atoms with E-state index in [1.807, 2.05) is 25.2 Å². The predicted octanol–water partition coefficient (Wildman–Crippen LogP) is 3.83. The molecule has 0 bridgehead atoms. The van der Waals surface area contributed by atoms with Gasteiger partial charge in [-0.25, -0.2) is 0 Å². The molecule has 2 rings (SSSR count). The highest BCUT2D eigenvalue weighted by Gasteiger charge is 2.12. The van der Waals surface area contributed by atoms with Crippen LogP contribution < -0.4 is 4.90 Å². The lowest BCUT2D eigenvalue weighted by atomic mass is 10.0. The second-order valence-corrected chi connectivity index (χ2v) is 5.41. The zero-order valence-electron chi connectivity index (χ0n) is 13.0. The molecule has 0 fully saturated rings. The maximum absolute atomic E-state index is 11.8. The fourth-order valence-electron chi connectivity index (χ4n) is 2.50. The minimum atomic E-state index is 0.0226. The van der Waals surface area contributed by atoms with E-state index in [4.69, 9.17) is 5.26 Å². The molecular formula is C19H20N2O. The van der Waals surface area contributed by atoms with Crippen LogP contribution in [0.1, 0.15) is 34.8 Å². The number of nitrogens with zero attached hydrogens (tertiary/aromatic N) is 2. The Labute approximate surface area is 131 Å². The minimum Gasteiger partial charge on any atom is -0.374 e. The highest BCUT2D eigenvalue weighted by molar-refractivity contribution is 6.00. The standard InChI is InChI=1S/C19H20N2O/c1-15(22)18-11-10-17(14-20)13-19(18)21(2)12-6-9-16-7-4-3-5-8-16/h3-5,7-8,10-11,13H,6,9,12H2,1-2H3. The van der Waals surface area contributed by atoms with Crippen molar-refractivity contribution in [3.05, 3.63) is 65.2 Å². The SMILES string of the molecule is CC(=O)c1ccc(C#N)cc1N(C)CCCc1ccccc1. The zero-order chi connectivity index (χ0) is 15.9. The number of benzene rings is 2. The van der Waals surface area contributed by atoms with Gasteiger partial charge in [0, 0.05) is 24.8 Å². The number of ketones is 1. The van der Waals surface area contributed by atoms with E-state index in [9.17, 15) is 4.79 Å². The monoisotopic (exact) mass is 292 g/mol. The Morgan fingerprint density at radius 1 is 1.18 bits per heavy atom. The van der Waals surface area contributed by atoms with Crippen molar-refractivity contribution in [2.45, 2.75) is 19.8 Å². The van der Waals surface area contributed by atoms with Gasteiger partial charge in [-0.1, -0.05) is 30.3 Å². The maximum Gasteiger partial charge on any atom is 0.161 e. The molecule has 0 saturated carbocycles. The average Bonchev–Trinajstić information content (AvgIpc) is 2.55. The van der Waals surface area contributed by atoms with Gasteiger partial charge >= 0.3 is 0 Å². The molecule has 112 valence electrons. The number of nitriles is 1. The molecule has 0 aliphatic carbocycles. The number of hydrogen-bond donors (Lipinski definition) is 0. The number of carbonyl (C=O) groups is 1. The van der Waals surface area contributed by atoms with Gasteiger partial charge in [-0.2, -0.15) is 5.26 Å². The molecule has 3 heteroatoms. The van der Waals surface area contributed by atoms with Crippen molar-refractivity contribution >= 4 is 11.5 Å². The predicted molar refractivity (Wildman–Crippen MR) is 89.2 cm³/mol. The van der Waals surface area contributed by atoms with Crippen molar-refractivity contribution in [2.75, 3.05) is 18.5 Å².